The van der Waals surface area contributed by atoms with Crippen LogP contribution in [0.4, 0.5) is 0 Å². The van der Waals surface area contributed by atoms with E-state index in [4.69, 9.17) is 0 Å². The van der Waals surface area contributed by atoms with Gasteiger partial charge < -0.3 is 4.57 Å². The second-order valence-electron chi connectivity index (χ2n) is 9.98. The maximum atomic E-state index is 14.3. The average molecular weight is 447 g/mol. The van der Waals surface area contributed by atoms with E-state index in [0.717, 1.165) is 49.7 Å². The van der Waals surface area contributed by atoms with Crippen molar-refractivity contribution in [1.29, 1.82) is 0 Å². The normalized spacial score (nSPS) is 16.9. The number of hydrogen-bond acceptors (Lipinski definition) is 2. The van der Waals surface area contributed by atoms with Crippen molar-refractivity contribution in [2.45, 2.75) is 130 Å². The first-order chi connectivity index (χ1) is 14.9. The van der Waals surface area contributed by atoms with Crippen molar-refractivity contribution in [1.82, 2.24) is 0 Å². The Morgan fingerprint density at radius 1 is 0.806 bits per heavy atom. The maximum absolute atomic E-state index is 14.3. The van der Waals surface area contributed by atoms with Crippen LogP contribution >= 0.6 is 7.14 Å². The molecule has 1 aromatic carbocycles. The number of rotatable bonds is 14. The third-order valence-corrected chi connectivity index (χ3v) is 11.2. The van der Waals surface area contributed by atoms with Gasteiger partial charge in [-0.25, -0.2) is 0 Å². The predicted octanol–water partition coefficient (Wildman–Crippen LogP) is 9.37. The van der Waals surface area contributed by atoms with Crippen LogP contribution in [-0.2, 0) is 4.57 Å². The largest absolute Gasteiger partial charge is 0.315 e. The van der Waals surface area contributed by atoms with E-state index in [9.17, 15) is 9.36 Å². The van der Waals surface area contributed by atoms with E-state index in [-0.39, 0.29) is 11.2 Å². The third-order valence-electron chi connectivity index (χ3n) is 7.64. The number of unbranched alkanes of at least 4 members (excludes halogenated alkanes) is 9. The average Bonchev–Trinajstić information content (AvgIpc) is 2.79. The molecule has 0 aromatic heterocycles. The second kappa shape index (κ2) is 13.6. The van der Waals surface area contributed by atoms with Crippen LogP contribution in [0.5, 0.6) is 0 Å². The molecular formula is C28H47O2P. The zero-order chi connectivity index (χ0) is 22.7. The molecule has 3 heteroatoms. The van der Waals surface area contributed by atoms with E-state index in [1.807, 2.05) is 19.1 Å². The van der Waals surface area contributed by atoms with Gasteiger partial charge >= 0.3 is 0 Å². The van der Waals surface area contributed by atoms with Crippen molar-refractivity contribution in [3.63, 3.8) is 0 Å². The van der Waals surface area contributed by atoms with Crippen LogP contribution in [0.2, 0.25) is 0 Å². The molecule has 1 atom stereocenters. The fraction of sp³-hybridized carbons (Fsp3) is 0.750. The van der Waals surface area contributed by atoms with E-state index in [0.29, 0.717) is 6.16 Å². The van der Waals surface area contributed by atoms with Crippen molar-refractivity contribution in [2.75, 3.05) is 6.16 Å². The van der Waals surface area contributed by atoms with E-state index in [2.05, 4.69) is 20.8 Å². The van der Waals surface area contributed by atoms with Crippen LogP contribution < -0.4 is 0 Å². The molecule has 0 amide bonds. The summed E-state index contributed by atoms with van der Waals surface area (Å²) in [6, 6.07) is 3.97. The van der Waals surface area contributed by atoms with Crippen molar-refractivity contribution in [3.8, 4) is 0 Å². The Labute approximate surface area is 192 Å². The lowest BCUT2D eigenvalue weighted by atomic mass is 9.99. The van der Waals surface area contributed by atoms with Gasteiger partial charge in [0.25, 0.3) is 0 Å². The lowest BCUT2D eigenvalue weighted by Gasteiger charge is -2.30. The SMILES string of the molecule is CCCCCCCCCCCCP(=O)(C(=O)c1ccc(C)c(C)c1C)C1CCCCC1. The Kier molecular flexibility index (Phi) is 11.6. The van der Waals surface area contributed by atoms with Gasteiger partial charge in [0.2, 0.25) is 5.52 Å². The number of hydrogen-bond donors (Lipinski definition) is 0. The molecule has 1 unspecified atom stereocenters. The highest BCUT2D eigenvalue weighted by Gasteiger charge is 2.40. The van der Waals surface area contributed by atoms with Crippen molar-refractivity contribution in [3.05, 3.63) is 34.4 Å². The van der Waals surface area contributed by atoms with Gasteiger partial charge in [-0.15, -0.1) is 0 Å². The van der Waals surface area contributed by atoms with E-state index in [1.54, 1.807) is 0 Å². The molecule has 0 aliphatic heterocycles. The third kappa shape index (κ3) is 7.59. The Hall–Kier alpha value is -0.880. The van der Waals surface area contributed by atoms with Gasteiger partial charge in [0.1, 0.15) is 0 Å². The highest BCUT2D eigenvalue weighted by atomic mass is 31.2. The topological polar surface area (TPSA) is 34.1 Å². The molecule has 176 valence electrons. The molecule has 31 heavy (non-hydrogen) atoms. The Balaban J connectivity index is 1.95. The first-order valence-corrected chi connectivity index (χ1v) is 15.1. The molecule has 0 N–H and O–H groups in total. The zero-order valence-corrected chi connectivity index (χ0v) is 21.7. The first kappa shape index (κ1) is 26.4. The number of benzene rings is 1. The first-order valence-electron chi connectivity index (χ1n) is 13.1. The standard InChI is InChI=1S/C28H47O2P/c1-5-6-7-8-9-10-11-12-13-17-22-31(30,26-18-15-14-16-19-26)28(29)27-21-20-23(2)24(3)25(27)4/h20-21,26H,5-19,22H2,1-4H3. The van der Waals surface area contributed by atoms with Crippen molar-refractivity contribution >= 4 is 12.7 Å². The molecule has 1 aromatic rings. The highest BCUT2D eigenvalue weighted by Crippen LogP contribution is 2.58. The summed E-state index contributed by atoms with van der Waals surface area (Å²) in [6.07, 6.45) is 18.7. The molecule has 0 bridgehead atoms. The summed E-state index contributed by atoms with van der Waals surface area (Å²) in [5.41, 5.74) is 4.23. The monoisotopic (exact) mass is 446 g/mol. The smallest absolute Gasteiger partial charge is 0.221 e. The van der Waals surface area contributed by atoms with Crippen molar-refractivity contribution in [2.24, 2.45) is 0 Å². The van der Waals surface area contributed by atoms with Crippen LogP contribution in [0, 0.1) is 20.8 Å². The molecular weight excluding hydrogens is 399 g/mol. The van der Waals surface area contributed by atoms with Gasteiger partial charge in [0.15, 0.2) is 7.14 Å². The van der Waals surface area contributed by atoms with Crippen LogP contribution in [0.3, 0.4) is 0 Å². The minimum Gasteiger partial charge on any atom is -0.315 e. The summed E-state index contributed by atoms with van der Waals surface area (Å²) in [6.45, 7) is 8.45. The van der Waals surface area contributed by atoms with Crippen LogP contribution in [0.25, 0.3) is 0 Å². The van der Waals surface area contributed by atoms with Gasteiger partial charge in [-0.2, -0.15) is 0 Å². The summed E-state index contributed by atoms with van der Waals surface area (Å²) < 4.78 is 14.3. The molecule has 0 spiro atoms. The molecule has 2 rings (SSSR count). The number of carbonyl (C=O) groups excluding carboxylic acids is 1. The fourth-order valence-corrected chi connectivity index (χ4v) is 8.62. The molecule has 0 heterocycles. The Morgan fingerprint density at radius 3 is 1.94 bits per heavy atom. The minimum absolute atomic E-state index is 0.0177. The molecule has 1 fully saturated rings. The summed E-state index contributed by atoms with van der Waals surface area (Å²) in [5.74, 6) is 0. The van der Waals surface area contributed by atoms with Gasteiger partial charge in [-0.05, 0) is 56.7 Å². The quantitative estimate of drug-likeness (QED) is 0.211. The second-order valence-corrected chi connectivity index (χ2v) is 13.2. The Bertz CT molecular complexity index is 731. The summed E-state index contributed by atoms with van der Waals surface area (Å²) in [4.78, 5) is 13.7. The van der Waals surface area contributed by atoms with Gasteiger partial charge in [-0.1, -0.05) is 96.1 Å². The zero-order valence-electron chi connectivity index (χ0n) is 20.8. The lowest BCUT2D eigenvalue weighted by Crippen LogP contribution is -2.21. The molecule has 1 aliphatic carbocycles. The molecule has 1 aliphatic rings. The van der Waals surface area contributed by atoms with E-state index < -0.39 is 7.14 Å². The minimum atomic E-state index is -2.88. The van der Waals surface area contributed by atoms with Crippen LogP contribution in [-0.4, -0.2) is 17.3 Å². The fourth-order valence-electron chi connectivity index (χ4n) is 5.17. The summed E-state index contributed by atoms with van der Waals surface area (Å²) in [7, 11) is -2.88. The molecule has 0 saturated heterocycles. The summed E-state index contributed by atoms with van der Waals surface area (Å²) >= 11 is 0. The molecule has 0 radical (unpaired) electrons. The Morgan fingerprint density at radius 2 is 1.35 bits per heavy atom. The van der Waals surface area contributed by atoms with Crippen LogP contribution in [0.15, 0.2) is 12.1 Å². The number of carbonyl (C=O) groups is 1. The predicted molar refractivity (Wildman–Crippen MR) is 136 cm³/mol. The lowest BCUT2D eigenvalue weighted by molar-refractivity contribution is 0.107. The summed E-state index contributed by atoms with van der Waals surface area (Å²) in [5, 5.41) is 0. The van der Waals surface area contributed by atoms with Gasteiger partial charge in [-0.3, -0.25) is 4.79 Å². The number of aryl methyl sites for hydroxylation is 1. The van der Waals surface area contributed by atoms with Crippen molar-refractivity contribution < 1.29 is 9.36 Å². The van der Waals surface area contributed by atoms with Gasteiger partial charge in [0, 0.05) is 17.4 Å². The molecule has 2 nitrogen and oxygen atoms in total. The van der Waals surface area contributed by atoms with E-state index in [1.165, 1.54) is 68.9 Å². The molecule has 1 saturated carbocycles. The van der Waals surface area contributed by atoms with Gasteiger partial charge in [0.05, 0.1) is 0 Å². The maximum Gasteiger partial charge on any atom is 0.221 e. The highest BCUT2D eigenvalue weighted by molar-refractivity contribution is 7.81. The van der Waals surface area contributed by atoms with Crippen LogP contribution in [0.1, 0.15) is 130 Å². The van der Waals surface area contributed by atoms with E-state index >= 15 is 0 Å².